The fourth-order valence-corrected chi connectivity index (χ4v) is 2.62. The molecule has 2 aromatic carbocycles. The van der Waals surface area contributed by atoms with E-state index in [0.29, 0.717) is 12.0 Å². The zero-order valence-corrected chi connectivity index (χ0v) is 11.7. The number of phenols is 1. The minimum absolute atomic E-state index is 0.00654. The Morgan fingerprint density at radius 3 is 2.67 bits per heavy atom. The Labute approximate surface area is 123 Å². The third kappa shape index (κ3) is 2.82. The molecule has 0 radical (unpaired) electrons. The van der Waals surface area contributed by atoms with Gasteiger partial charge in [-0.15, -0.1) is 0 Å². The maximum atomic E-state index is 12.1. The smallest absolute Gasteiger partial charge is 0.166 e. The molecule has 106 valence electrons. The number of aromatic hydroxyl groups is 1. The fraction of sp³-hybridized carbons (Fsp3) is 0.167. The minimum atomic E-state index is -0.00654. The molecule has 0 unspecified atom stereocenters. The third-order valence-corrected chi connectivity index (χ3v) is 3.73. The number of aryl methyl sites for hydroxylation is 1. The van der Waals surface area contributed by atoms with Gasteiger partial charge in [-0.05, 0) is 36.6 Å². The Bertz CT molecular complexity index is 773. The highest BCUT2D eigenvalue weighted by Gasteiger charge is 2.10. The topological polar surface area (TPSA) is 53.1 Å². The third-order valence-electron chi connectivity index (χ3n) is 3.73. The Kier molecular flexibility index (Phi) is 3.73. The number of rotatable bonds is 5. The summed E-state index contributed by atoms with van der Waals surface area (Å²) >= 11 is 0. The van der Waals surface area contributed by atoms with E-state index < -0.39 is 0 Å². The van der Waals surface area contributed by atoms with Crippen molar-refractivity contribution in [1.29, 1.82) is 0 Å². The van der Waals surface area contributed by atoms with Gasteiger partial charge in [0.15, 0.2) is 5.78 Å². The van der Waals surface area contributed by atoms with Crippen LogP contribution in [-0.2, 0) is 6.42 Å². The molecule has 0 aliphatic heterocycles. The van der Waals surface area contributed by atoms with Crippen molar-refractivity contribution in [2.45, 2.75) is 19.3 Å². The first-order chi connectivity index (χ1) is 10.3. The lowest BCUT2D eigenvalue weighted by Gasteiger charge is -2.03. The Morgan fingerprint density at radius 1 is 1.05 bits per heavy atom. The second kappa shape index (κ2) is 5.83. The summed E-state index contributed by atoms with van der Waals surface area (Å²) in [7, 11) is 0. The van der Waals surface area contributed by atoms with Gasteiger partial charge in [-0.25, -0.2) is 0 Å². The largest absolute Gasteiger partial charge is 0.507 e. The summed E-state index contributed by atoms with van der Waals surface area (Å²) in [6.07, 6.45) is 4.07. The lowest BCUT2D eigenvalue weighted by molar-refractivity contribution is 0.0977. The van der Waals surface area contributed by atoms with Gasteiger partial charge in [-0.2, -0.15) is 0 Å². The molecule has 1 aromatic heterocycles. The van der Waals surface area contributed by atoms with E-state index >= 15 is 0 Å². The molecule has 3 rings (SSSR count). The summed E-state index contributed by atoms with van der Waals surface area (Å²) in [5, 5.41) is 10.9. The van der Waals surface area contributed by atoms with Gasteiger partial charge in [0.1, 0.15) is 5.75 Å². The van der Waals surface area contributed by atoms with Crippen LogP contribution in [0.25, 0.3) is 10.9 Å². The van der Waals surface area contributed by atoms with Gasteiger partial charge in [0.05, 0.1) is 5.56 Å². The Hall–Kier alpha value is -2.55. The molecule has 0 aliphatic carbocycles. The predicted molar refractivity (Wildman–Crippen MR) is 83.7 cm³/mol. The van der Waals surface area contributed by atoms with Crippen LogP contribution in [0.3, 0.4) is 0 Å². The normalized spacial score (nSPS) is 10.9. The van der Waals surface area contributed by atoms with Crippen LogP contribution < -0.4 is 0 Å². The van der Waals surface area contributed by atoms with Crippen LogP contribution in [0, 0.1) is 0 Å². The van der Waals surface area contributed by atoms with Crippen molar-refractivity contribution in [1.82, 2.24) is 4.98 Å². The van der Waals surface area contributed by atoms with E-state index in [1.54, 1.807) is 24.3 Å². The molecule has 0 spiro atoms. The van der Waals surface area contributed by atoms with E-state index in [0.717, 1.165) is 18.4 Å². The van der Waals surface area contributed by atoms with Crippen LogP contribution in [0.15, 0.2) is 54.7 Å². The van der Waals surface area contributed by atoms with Crippen molar-refractivity contribution < 1.29 is 9.90 Å². The van der Waals surface area contributed by atoms with E-state index in [2.05, 4.69) is 11.1 Å². The summed E-state index contributed by atoms with van der Waals surface area (Å²) < 4.78 is 0. The molecule has 0 saturated carbocycles. The van der Waals surface area contributed by atoms with Crippen molar-refractivity contribution in [2.75, 3.05) is 0 Å². The van der Waals surface area contributed by atoms with Gasteiger partial charge in [0.2, 0.25) is 0 Å². The number of benzene rings is 2. The number of aromatic amines is 1. The number of fused-ring (bicyclic) bond motifs is 1. The average molecular weight is 279 g/mol. The molecule has 2 N–H and O–H groups in total. The monoisotopic (exact) mass is 279 g/mol. The van der Waals surface area contributed by atoms with E-state index in [4.69, 9.17) is 0 Å². The summed E-state index contributed by atoms with van der Waals surface area (Å²) in [6, 6.07) is 14.9. The number of carbonyl (C=O) groups excluding carboxylic acids is 1. The first-order valence-electron chi connectivity index (χ1n) is 7.12. The van der Waals surface area contributed by atoms with Gasteiger partial charge in [0.25, 0.3) is 0 Å². The number of para-hydroxylation sites is 2. The van der Waals surface area contributed by atoms with Crippen LogP contribution in [0.4, 0.5) is 0 Å². The summed E-state index contributed by atoms with van der Waals surface area (Å²) in [5.41, 5.74) is 2.77. The van der Waals surface area contributed by atoms with Crippen LogP contribution in [0.5, 0.6) is 5.75 Å². The molecule has 0 fully saturated rings. The molecule has 3 nitrogen and oxygen atoms in total. The van der Waals surface area contributed by atoms with Gasteiger partial charge in [0, 0.05) is 23.5 Å². The highest BCUT2D eigenvalue weighted by molar-refractivity contribution is 5.98. The van der Waals surface area contributed by atoms with E-state index in [1.807, 2.05) is 24.4 Å². The van der Waals surface area contributed by atoms with E-state index in [1.165, 1.54) is 10.9 Å². The molecule has 3 heteroatoms. The number of phenolic OH excluding ortho intramolecular Hbond substituents is 1. The summed E-state index contributed by atoms with van der Waals surface area (Å²) in [4.78, 5) is 15.3. The number of nitrogens with one attached hydrogen (secondary N) is 1. The number of hydrogen-bond donors (Lipinski definition) is 2. The SMILES string of the molecule is O=C(CCCc1c[nH]c2ccccc12)c1ccccc1O. The Balaban J connectivity index is 1.64. The first-order valence-corrected chi connectivity index (χ1v) is 7.12. The van der Waals surface area contributed by atoms with Crippen molar-refractivity contribution in [3.8, 4) is 5.75 Å². The standard InChI is InChI=1S/C18H17NO2/c20-17-10-4-2-8-15(17)18(21)11-5-6-13-12-19-16-9-3-1-7-14(13)16/h1-4,7-10,12,19-20H,5-6,11H2. The molecule has 0 aliphatic rings. The van der Waals surface area contributed by atoms with Gasteiger partial charge < -0.3 is 10.1 Å². The molecule has 21 heavy (non-hydrogen) atoms. The highest BCUT2D eigenvalue weighted by Crippen LogP contribution is 2.21. The highest BCUT2D eigenvalue weighted by atomic mass is 16.3. The number of aromatic nitrogens is 1. The first kappa shape index (κ1) is 13.4. The van der Waals surface area contributed by atoms with Crippen LogP contribution in [0.2, 0.25) is 0 Å². The van der Waals surface area contributed by atoms with Crippen molar-refractivity contribution in [3.05, 3.63) is 65.9 Å². The van der Waals surface area contributed by atoms with Crippen LogP contribution in [-0.4, -0.2) is 15.9 Å². The number of ketones is 1. The lowest BCUT2D eigenvalue weighted by Crippen LogP contribution is -2.00. The van der Waals surface area contributed by atoms with E-state index in [-0.39, 0.29) is 11.5 Å². The number of H-pyrrole nitrogens is 1. The molecule has 1 heterocycles. The quantitative estimate of drug-likeness (QED) is 0.691. The number of carbonyl (C=O) groups is 1. The van der Waals surface area contributed by atoms with Gasteiger partial charge in [-0.1, -0.05) is 30.3 Å². The second-order valence-corrected chi connectivity index (χ2v) is 5.15. The maximum absolute atomic E-state index is 12.1. The Morgan fingerprint density at radius 2 is 1.81 bits per heavy atom. The molecule has 0 amide bonds. The lowest BCUT2D eigenvalue weighted by atomic mass is 10.0. The molecule has 3 aromatic rings. The van der Waals surface area contributed by atoms with Gasteiger partial charge >= 0.3 is 0 Å². The number of Topliss-reactive ketones (excluding diaryl/α,β-unsaturated/α-hetero) is 1. The van der Waals surface area contributed by atoms with Crippen molar-refractivity contribution in [3.63, 3.8) is 0 Å². The maximum Gasteiger partial charge on any atom is 0.166 e. The summed E-state index contributed by atoms with van der Waals surface area (Å²) in [5.74, 6) is 0.0579. The molecule has 0 bridgehead atoms. The number of hydrogen-bond acceptors (Lipinski definition) is 2. The average Bonchev–Trinajstić information content (AvgIpc) is 2.91. The van der Waals surface area contributed by atoms with Crippen LogP contribution in [0.1, 0.15) is 28.8 Å². The van der Waals surface area contributed by atoms with Crippen LogP contribution >= 0.6 is 0 Å². The second-order valence-electron chi connectivity index (χ2n) is 5.15. The molecule has 0 saturated heterocycles. The fourth-order valence-electron chi connectivity index (χ4n) is 2.62. The zero-order chi connectivity index (χ0) is 14.7. The minimum Gasteiger partial charge on any atom is -0.507 e. The summed E-state index contributed by atoms with van der Waals surface area (Å²) in [6.45, 7) is 0. The zero-order valence-electron chi connectivity index (χ0n) is 11.7. The molecular weight excluding hydrogens is 262 g/mol. The van der Waals surface area contributed by atoms with E-state index in [9.17, 15) is 9.90 Å². The van der Waals surface area contributed by atoms with Crippen molar-refractivity contribution >= 4 is 16.7 Å². The van der Waals surface area contributed by atoms with Crippen molar-refractivity contribution in [2.24, 2.45) is 0 Å². The molecular formula is C18H17NO2. The molecule has 0 atom stereocenters. The predicted octanol–water partition coefficient (Wildman–Crippen LogP) is 4.08. The van der Waals surface area contributed by atoms with Gasteiger partial charge in [-0.3, -0.25) is 4.79 Å².